The average molecular weight is 468 g/mol. The van der Waals surface area contributed by atoms with E-state index in [4.69, 9.17) is 16.2 Å². The summed E-state index contributed by atoms with van der Waals surface area (Å²) in [5, 5.41) is 16.5. The maximum absolute atomic E-state index is 11.0. The Morgan fingerprint density at radius 2 is 1.55 bits per heavy atom. The molecule has 2 aliphatic rings. The van der Waals surface area contributed by atoms with Gasteiger partial charge in [-0.3, -0.25) is 10.2 Å². The molecule has 0 bridgehead atoms. The van der Waals surface area contributed by atoms with Gasteiger partial charge in [0.05, 0.1) is 5.92 Å². The first-order valence-corrected chi connectivity index (χ1v) is 9.67. The predicted molar refractivity (Wildman–Crippen MR) is 126 cm³/mol. The number of aliphatic carboxylic acids is 1. The number of nitrogens with two attached hydrogens (primary N) is 1. The standard InChI is InChI=1S/C20H30N4O2.3ClH/c21-19(22)16-1-3-18(4-2-16)24-13-6-15(7-14-24)5-10-23-11-8-17(9-12-23)20(25)26;;;/h1-4,15,17H,5-14H2,(H3,21,22)(H,25,26);3*1H. The van der Waals surface area contributed by atoms with Gasteiger partial charge in [-0.2, -0.15) is 0 Å². The Bertz CT molecular complexity index is 629. The molecule has 0 aromatic heterocycles. The fourth-order valence-corrected chi connectivity index (χ4v) is 4.10. The summed E-state index contributed by atoms with van der Waals surface area (Å²) in [6.07, 6.45) is 5.23. The molecule has 0 aliphatic carbocycles. The lowest BCUT2D eigenvalue weighted by atomic mass is 9.92. The Kier molecular flexibility index (Phi) is 12.6. The zero-order chi connectivity index (χ0) is 18.5. The molecule has 0 radical (unpaired) electrons. The van der Waals surface area contributed by atoms with Gasteiger partial charge >= 0.3 is 5.97 Å². The molecular formula is C20H33Cl3N4O2. The molecule has 2 aliphatic heterocycles. The van der Waals surface area contributed by atoms with Crippen LogP contribution in [0, 0.1) is 17.2 Å². The number of halogens is 3. The normalized spacial score (nSPS) is 18.1. The largest absolute Gasteiger partial charge is 0.481 e. The number of hydrogen-bond donors (Lipinski definition) is 3. The van der Waals surface area contributed by atoms with E-state index in [2.05, 4.69) is 21.9 Å². The van der Waals surface area contributed by atoms with E-state index >= 15 is 0 Å². The minimum Gasteiger partial charge on any atom is -0.481 e. The van der Waals surface area contributed by atoms with E-state index in [1.54, 1.807) is 0 Å². The minimum atomic E-state index is -0.631. The molecule has 1 aromatic rings. The van der Waals surface area contributed by atoms with E-state index in [1.165, 1.54) is 24.9 Å². The first-order chi connectivity index (χ1) is 12.5. The summed E-state index contributed by atoms with van der Waals surface area (Å²) in [6.45, 7) is 5.11. The van der Waals surface area contributed by atoms with Crippen LogP contribution in [0.4, 0.5) is 5.69 Å². The number of piperidine rings is 2. The van der Waals surface area contributed by atoms with E-state index in [0.29, 0.717) is 0 Å². The summed E-state index contributed by atoms with van der Waals surface area (Å²) >= 11 is 0. The number of likely N-dealkylation sites (tertiary alicyclic amines) is 1. The van der Waals surface area contributed by atoms with Gasteiger partial charge in [0.15, 0.2) is 0 Å². The van der Waals surface area contributed by atoms with Crippen LogP contribution >= 0.6 is 37.2 Å². The molecule has 0 atom stereocenters. The van der Waals surface area contributed by atoms with Gasteiger partial charge in [0.2, 0.25) is 0 Å². The number of benzene rings is 1. The zero-order valence-electron chi connectivity index (χ0n) is 16.6. The molecular weight excluding hydrogens is 435 g/mol. The smallest absolute Gasteiger partial charge is 0.306 e. The topological polar surface area (TPSA) is 93.7 Å². The second-order valence-electron chi connectivity index (χ2n) is 7.63. The molecule has 0 amide bonds. The second-order valence-corrected chi connectivity index (χ2v) is 7.63. The van der Waals surface area contributed by atoms with Gasteiger partial charge in [0, 0.05) is 24.3 Å². The number of amidine groups is 1. The summed E-state index contributed by atoms with van der Waals surface area (Å²) in [5.41, 5.74) is 7.50. The fraction of sp³-hybridized carbons (Fsp3) is 0.600. The predicted octanol–water partition coefficient (Wildman–Crippen LogP) is 3.64. The summed E-state index contributed by atoms with van der Waals surface area (Å²) in [7, 11) is 0. The quantitative estimate of drug-likeness (QED) is 0.439. The molecule has 29 heavy (non-hydrogen) atoms. The lowest BCUT2D eigenvalue weighted by Gasteiger charge is -2.35. The van der Waals surface area contributed by atoms with E-state index in [-0.39, 0.29) is 49.0 Å². The maximum atomic E-state index is 11.0. The van der Waals surface area contributed by atoms with E-state index in [0.717, 1.165) is 57.0 Å². The third-order valence-electron chi connectivity index (χ3n) is 5.95. The molecule has 2 fully saturated rings. The molecule has 9 heteroatoms. The van der Waals surface area contributed by atoms with Gasteiger partial charge in [-0.25, -0.2) is 0 Å². The molecule has 0 saturated carbocycles. The van der Waals surface area contributed by atoms with Crippen molar-refractivity contribution in [2.75, 3.05) is 37.6 Å². The zero-order valence-corrected chi connectivity index (χ0v) is 19.0. The van der Waals surface area contributed by atoms with Crippen molar-refractivity contribution < 1.29 is 9.90 Å². The number of hydrogen-bond acceptors (Lipinski definition) is 4. The minimum absolute atomic E-state index is 0. The molecule has 6 nitrogen and oxygen atoms in total. The van der Waals surface area contributed by atoms with Crippen LogP contribution in [-0.4, -0.2) is 54.5 Å². The molecule has 166 valence electrons. The Labute approximate surface area is 191 Å². The lowest BCUT2D eigenvalue weighted by Crippen LogP contribution is -2.39. The number of nitrogens with zero attached hydrogens (tertiary/aromatic N) is 2. The summed E-state index contributed by atoms with van der Waals surface area (Å²) in [5.74, 6) is 0.111. The van der Waals surface area contributed by atoms with Gasteiger partial charge in [0.25, 0.3) is 0 Å². The summed E-state index contributed by atoms with van der Waals surface area (Å²) in [4.78, 5) is 15.9. The van der Waals surface area contributed by atoms with Crippen molar-refractivity contribution in [1.29, 1.82) is 5.41 Å². The van der Waals surface area contributed by atoms with Crippen LogP contribution in [0.2, 0.25) is 0 Å². The fourth-order valence-electron chi connectivity index (χ4n) is 4.10. The van der Waals surface area contributed by atoms with E-state index in [9.17, 15) is 4.79 Å². The highest BCUT2D eigenvalue weighted by Crippen LogP contribution is 2.26. The SMILES string of the molecule is Cl.Cl.Cl.N=C(N)c1ccc(N2CCC(CCN3CCC(C(=O)O)CC3)CC2)cc1. The number of rotatable bonds is 6. The van der Waals surface area contributed by atoms with Crippen molar-refractivity contribution in [2.45, 2.75) is 32.1 Å². The first-order valence-electron chi connectivity index (χ1n) is 9.67. The van der Waals surface area contributed by atoms with Crippen molar-refractivity contribution in [3.8, 4) is 0 Å². The molecule has 3 rings (SSSR count). The number of nitrogen functional groups attached to an aromatic ring is 1. The molecule has 4 N–H and O–H groups in total. The van der Waals surface area contributed by atoms with Crippen LogP contribution in [0.1, 0.15) is 37.7 Å². The highest BCUT2D eigenvalue weighted by Gasteiger charge is 2.25. The Hall–Kier alpha value is -1.21. The van der Waals surface area contributed by atoms with Gasteiger partial charge in [0.1, 0.15) is 5.84 Å². The first kappa shape index (κ1) is 27.8. The van der Waals surface area contributed by atoms with E-state index in [1.807, 2.05) is 12.1 Å². The van der Waals surface area contributed by atoms with Crippen molar-refractivity contribution in [1.82, 2.24) is 4.90 Å². The Morgan fingerprint density at radius 1 is 1.00 bits per heavy atom. The van der Waals surface area contributed by atoms with Crippen LogP contribution in [0.5, 0.6) is 0 Å². The number of nitrogens with one attached hydrogen (secondary N) is 1. The highest BCUT2D eigenvalue weighted by atomic mass is 35.5. The van der Waals surface area contributed by atoms with Gasteiger partial charge in [-0.05, 0) is 81.9 Å². The Balaban J connectivity index is 0.00000261. The second kappa shape index (κ2) is 13.2. The number of carboxylic acids is 1. The average Bonchev–Trinajstić information content (AvgIpc) is 2.67. The van der Waals surface area contributed by atoms with Gasteiger partial charge in [-0.15, -0.1) is 37.2 Å². The van der Waals surface area contributed by atoms with Crippen molar-refractivity contribution in [2.24, 2.45) is 17.6 Å². The Morgan fingerprint density at radius 3 is 2.03 bits per heavy atom. The summed E-state index contributed by atoms with van der Waals surface area (Å²) in [6, 6.07) is 7.96. The molecule has 1 aromatic carbocycles. The molecule has 2 saturated heterocycles. The molecule has 0 spiro atoms. The molecule has 2 heterocycles. The van der Waals surface area contributed by atoms with Crippen LogP contribution in [0.15, 0.2) is 24.3 Å². The van der Waals surface area contributed by atoms with Crippen molar-refractivity contribution in [3.05, 3.63) is 29.8 Å². The van der Waals surface area contributed by atoms with Crippen molar-refractivity contribution in [3.63, 3.8) is 0 Å². The highest BCUT2D eigenvalue weighted by molar-refractivity contribution is 5.95. The van der Waals surface area contributed by atoms with Crippen LogP contribution < -0.4 is 10.6 Å². The van der Waals surface area contributed by atoms with E-state index < -0.39 is 5.97 Å². The van der Waals surface area contributed by atoms with Crippen molar-refractivity contribution >= 4 is 54.7 Å². The van der Waals surface area contributed by atoms with Gasteiger partial charge in [-0.1, -0.05) is 0 Å². The van der Waals surface area contributed by atoms with Crippen LogP contribution in [0.3, 0.4) is 0 Å². The third-order valence-corrected chi connectivity index (χ3v) is 5.95. The molecule has 0 unspecified atom stereocenters. The maximum Gasteiger partial charge on any atom is 0.306 e. The van der Waals surface area contributed by atoms with Gasteiger partial charge < -0.3 is 20.6 Å². The summed E-state index contributed by atoms with van der Waals surface area (Å²) < 4.78 is 0. The monoisotopic (exact) mass is 466 g/mol. The lowest BCUT2D eigenvalue weighted by molar-refractivity contribution is -0.143. The number of anilines is 1. The third kappa shape index (κ3) is 7.85. The number of carboxylic acid groups (broad SMARTS) is 1. The van der Waals surface area contributed by atoms with Crippen LogP contribution in [0.25, 0.3) is 0 Å². The van der Waals surface area contributed by atoms with Crippen LogP contribution in [-0.2, 0) is 4.79 Å². The number of carbonyl (C=O) groups is 1.